The molecule has 0 saturated carbocycles. The van der Waals surface area contributed by atoms with Gasteiger partial charge in [-0.1, -0.05) is 19.1 Å². The molecule has 2 amide bonds. The van der Waals surface area contributed by atoms with E-state index in [0.717, 1.165) is 16.6 Å². The lowest BCUT2D eigenvalue weighted by atomic mass is 10.0. The number of carbonyl (C=O) groups excluding carboxylic acids is 1. The number of aliphatic hydroxyl groups is 1. The highest BCUT2D eigenvalue weighted by Crippen LogP contribution is 2.28. The number of carbonyl (C=O) groups is 1. The normalized spacial score (nSPS) is 13.4. The van der Waals surface area contributed by atoms with Gasteiger partial charge in [0.05, 0.1) is 23.2 Å². The van der Waals surface area contributed by atoms with Crippen LogP contribution in [0.2, 0.25) is 0 Å². The van der Waals surface area contributed by atoms with Crippen LogP contribution in [0.3, 0.4) is 0 Å². The summed E-state index contributed by atoms with van der Waals surface area (Å²) in [5, 5.41) is 15.1. The van der Waals surface area contributed by atoms with Gasteiger partial charge in [-0.25, -0.2) is 14.2 Å². The van der Waals surface area contributed by atoms with Gasteiger partial charge >= 0.3 is 6.03 Å². The molecule has 0 bridgehead atoms. The highest BCUT2D eigenvalue weighted by Gasteiger charge is 2.23. The molecule has 0 fully saturated rings. The molecule has 6 nitrogen and oxygen atoms in total. The van der Waals surface area contributed by atoms with Crippen LogP contribution < -0.4 is 10.6 Å². The summed E-state index contributed by atoms with van der Waals surface area (Å²) in [7, 11) is 1.87. The van der Waals surface area contributed by atoms with Gasteiger partial charge in [-0.2, -0.15) is 0 Å². The van der Waals surface area contributed by atoms with Crippen molar-refractivity contribution in [3.05, 3.63) is 47.8 Å². The van der Waals surface area contributed by atoms with Gasteiger partial charge in [-0.05, 0) is 44.0 Å². The molecule has 0 saturated heterocycles. The van der Waals surface area contributed by atoms with Crippen molar-refractivity contribution in [2.24, 2.45) is 7.05 Å². The number of nitrogens with one attached hydrogen (secondary N) is 2. The number of hydrogen-bond acceptors (Lipinski definition) is 3. The van der Waals surface area contributed by atoms with Crippen molar-refractivity contribution in [3.63, 3.8) is 0 Å². The molecule has 3 N–H and O–H groups in total. The number of aryl methyl sites for hydroxylation is 2. The van der Waals surface area contributed by atoms with E-state index in [0.29, 0.717) is 23.4 Å². The molecule has 0 spiro atoms. The minimum atomic E-state index is -0.683. The lowest BCUT2D eigenvalue weighted by Gasteiger charge is -2.27. The predicted octanol–water partition coefficient (Wildman–Crippen LogP) is 3.97. The number of benzene rings is 2. The summed E-state index contributed by atoms with van der Waals surface area (Å²) in [6, 6.07) is 9.78. The minimum Gasteiger partial charge on any atom is -0.394 e. The first kappa shape index (κ1) is 19.8. The Morgan fingerprint density at radius 2 is 2.04 bits per heavy atom. The van der Waals surface area contributed by atoms with E-state index in [-0.39, 0.29) is 18.5 Å². The number of nitrogens with zero attached hydrogens (tertiary/aromatic N) is 2. The van der Waals surface area contributed by atoms with Gasteiger partial charge in [0.25, 0.3) is 0 Å². The SMILES string of the molecule is CC[C@](C)(CO)NC(=O)Nc1cc(-c2nc3cc(F)ccc3n2C)ccc1C. The maximum atomic E-state index is 13.5. The second kappa shape index (κ2) is 7.59. The Kier molecular flexibility index (Phi) is 5.38. The molecule has 1 heterocycles. The second-order valence-corrected chi connectivity index (χ2v) is 7.31. The van der Waals surface area contributed by atoms with Crippen molar-refractivity contribution in [3.8, 4) is 11.4 Å². The average Bonchev–Trinajstić information content (AvgIpc) is 2.99. The van der Waals surface area contributed by atoms with Gasteiger partial charge in [0, 0.05) is 24.4 Å². The number of fused-ring (bicyclic) bond motifs is 1. The maximum absolute atomic E-state index is 13.5. The van der Waals surface area contributed by atoms with Crippen molar-refractivity contribution in [2.75, 3.05) is 11.9 Å². The number of urea groups is 1. The van der Waals surface area contributed by atoms with E-state index in [2.05, 4.69) is 15.6 Å². The Balaban J connectivity index is 1.92. The van der Waals surface area contributed by atoms with E-state index in [9.17, 15) is 14.3 Å². The molecule has 2 aromatic carbocycles. The summed E-state index contributed by atoms with van der Waals surface area (Å²) in [4.78, 5) is 16.9. The smallest absolute Gasteiger partial charge is 0.319 e. The third-order valence-electron chi connectivity index (χ3n) is 5.13. The molecular formula is C21H25FN4O2. The highest BCUT2D eigenvalue weighted by atomic mass is 19.1. The number of rotatable bonds is 5. The van der Waals surface area contributed by atoms with E-state index in [1.807, 2.05) is 43.7 Å². The topological polar surface area (TPSA) is 79.2 Å². The molecule has 28 heavy (non-hydrogen) atoms. The fraction of sp³-hybridized carbons (Fsp3) is 0.333. The van der Waals surface area contributed by atoms with Crippen LogP contribution >= 0.6 is 0 Å². The monoisotopic (exact) mass is 384 g/mol. The van der Waals surface area contributed by atoms with Crippen LogP contribution in [0, 0.1) is 12.7 Å². The number of imidazole rings is 1. The lowest BCUT2D eigenvalue weighted by Crippen LogP contribution is -2.50. The molecule has 0 aliphatic rings. The summed E-state index contributed by atoms with van der Waals surface area (Å²) < 4.78 is 15.4. The molecule has 0 unspecified atom stereocenters. The van der Waals surface area contributed by atoms with Crippen molar-refractivity contribution in [1.82, 2.24) is 14.9 Å². The molecule has 3 rings (SSSR count). The van der Waals surface area contributed by atoms with Crippen molar-refractivity contribution < 1.29 is 14.3 Å². The van der Waals surface area contributed by atoms with Crippen molar-refractivity contribution >= 4 is 22.8 Å². The second-order valence-electron chi connectivity index (χ2n) is 7.31. The third kappa shape index (κ3) is 3.84. The summed E-state index contributed by atoms with van der Waals surface area (Å²) in [6.45, 7) is 5.44. The molecule has 7 heteroatoms. The highest BCUT2D eigenvalue weighted by molar-refractivity contribution is 5.91. The number of hydrogen-bond donors (Lipinski definition) is 3. The van der Waals surface area contributed by atoms with Gasteiger partial charge in [0.15, 0.2) is 0 Å². The van der Waals surface area contributed by atoms with Gasteiger partial charge < -0.3 is 20.3 Å². The van der Waals surface area contributed by atoms with Gasteiger partial charge in [0.1, 0.15) is 11.6 Å². The first-order chi connectivity index (χ1) is 13.3. The van der Waals surface area contributed by atoms with Gasteiger partial charge in [-0.15, -0.1) is 0 Å². The molecule has 148 valence electrons. The number of aromatic nitrogens is 2. The Bertz CT molecular complexity index is 1020. The van der Waals surface area contributed by atoms with Crippen molar-refractivity contribution in [2.45, 2.75) is 32.7 Å². The first-order valence-corrected chi connectivity index (χ1v) is 9.19. The number of aliphatic hydroxyl groups excluding tert-OH is 1. The maximum Gasteiger partial charge on any atom is 0.319 e. The minimum absolute atomic E-state index is 0.146. The average molecular weight is 384 g/mol. The summed E-state index contributed by atoms with van der Waals surface area (Å²) in [5.74, 6) is 0.348. The van der Waals surface area contributed by atoms with Crippen LogP contribution in [0.5, 0.6) is 0 Å². The molecule has 1 aromatic heterocycles. The summed E-state index contributed by atoms with van der Waals surface area (Å²) in [5.41, 5.74) is 3.06. The fourth-order valence-electron chi connectivity index (χ4n) is 2.99. The Morgan fingerprint density at radius 3 is 2.71 bits per heavy atom. The molecule has 3 aromatic rings. The zero-order valence-electron chi connectivity index (χ0n) is 16.5. The molecule has 0 aliphatic heterocycles. The third-order valence-corrected chi connectivity index (χ3v) is 5.13. The van der Waals surface area contributed by atoms with Gasteiger partial charge in [-0.3, -0.25) is 0 Å². The number of anilines is 1. The quantitative estimate of drug-likeness (QED) is 0.623. The standard InChI is InChI=1S/C21H25FN4O2/c1-5-21(3,12-27)25-20(28)24-16-10-14(7-6-13(16)2)19-23-17-11-15(22)8-9-18(17)26(19)4/h6-11,27H,5,12H2,1-4H3,(H2,24,25,28)/t21-/m1/s1. The van der Waals surface area contributed by atoms with E-state index in [4.69, 9.17) is 0 Å². The van der Waals surface area contributed by atoms with E-state index in [1.165, 1.54) is 12.1 Å². The summed E-state index contributed by atoms with van der Waals surface area (Å²) >= 11 is 0. The van der Waals surface area contributed by atoms with Crippen LogP contribution in [-0.4, -0.2) is 32.8 Å². The van der Waals surface area contributed by atoms with Crippen LogP contribution in [0.25, 0.3) is 22.4 Å². The Labute approximate surface area is 163 Å². The van der Waals surface area contributed by atoms with Crippen LogP contribution in [0.1, 0.15) is 25.8 Å². The van der Waals surface area contributed by atoms with E-state index < -0.39 is 5.54 Å². The molecule has 0 radical (unpaired) electrons. The number of amides is 2. The zero-order chi connectivity index (χ0) is 20.5. The van der Waals surface area contributed by atoms with E-state index in [1.54, 1.807) is 13.0 Å². The molecule has 0 aliphatic carbocycles. The van der Waals surface area contributed by atoms with Crippen LogP contribution in [-0.2, 0) is 7.05 Å². The predicted molar refractivity (Wildman–Crippen MR) is 109 cm³/mol. The van der Waals surface area contributed by atoms with Crippen LogP contribution in [0.4, 0.5) is 14.9 Å². The lowest BCUT2D eigenvalue weighted by molar-refractivity contribution is 0.172. The van der Waals surface area contributed by atoms with E-state index >= 15 is 0 Å². The first-order valence-electron chi connectivity index (χ1n) is 9.19. The molecule has 1 atom stereocenters. The Hall–Kier alpha value is -2.93. The summed E-state index contributed by atoms with van der Waals surface area (Å²) in [6.07, 6.45) is 0.604. The van der Waals surface area contributed by atoms with Crippen molar-refractivity contribution in [1.29, 1.82) is 0 Å². The number of halogens is 1. The van der Waals surface area contributed by atoms with Crippen LogP contribution in [0.15, 0.2) is 36.4 Å². The molecular weight excluding hydrogens is 359 g/mol. The zero-order valence-corrected chi connectivity index (χ0v) is 16.5. The largest absolute Gasteiger partial charge is 0.394 e. The Morgan fingerprint density at radius 1 is 1.29 bits per heavy atom. The van der Waals surface area contributed by atoms with Gasteiger partial charge in [0.2, 0.25) is 0 Å². The fourth-order valence-corrected chi connectivity index (χ4v) is 2.99.